The highest BCUT2D eigenvalue weighted by molar-refractivity contribution is 5.91. The van der Waals surface area contributed by atoms with Gasteiger partial charge >= 0.3 is 12.0 Å². The molecule has 16 heavy (non-hydrogen) atoms. The van der Waals surface area contributed by atoms with Gasteiger partial charge in [-0.05, 0) is 24.1 Å². The Bertz CT molecular complexity index is 373. The van der Waals surface area contributed by atoms with Gasteiger partial charge in [0.25, 0.3) is 0 Å². The van der Waals surface area contributed by atoms with Crippen LogP contribution in [0.4, 0.5) is 10.5 Å². The second kappa shape index (κ2) is 5.75. The molecule has 1 aromatic carbocycles. The molecule has 0 unspecified atom stereocenters. The molecule has 0 heterocycles. The highest BCUT2D eigenvalue weighted by Gasteiger charge is 2.03. The minimum Gasteiger partial charge on any atom is -0.480 e. The first-order valence-corrected chi connectivity index (χ1v) is 4.97. The smallest absolute Gasteiger partial charge is 0.323 e. The van der Waals surface area contributed by atoms with E-state index in [1.807, 2.05) is 19.1 Å². The van der Waals surface area contributed by atoms with Gasteiger partial charge in [0.1, 0.15) is 6.54 Å². The second-order valence-corrected chi connectivity index (χ2v) is 3.25. The fraction of sp³-hybridized carbons (Fsp3) is 0.273. The van der Waals surface area contributed by atoms with E-state index in [1.54, 1.807) is 12.1 Å². The lowest BCUT2D eigenvalue weighted by atomic mass is 10.1. The van der Waals surface area contributed by atoms with Gasteiger partial charge < -0.3 is 15.7 Å². The largest absolute Gasteiger partial charge is 0.480 e. The van der Waals surface area contributed by atoms with E-state index in [-0.39, 0.29) is 0 Å². The van der Waals surface area contributed by atoms with Gasteiger partial charge in [-0.15, -0.1) is 0 Å². The zero-order chi connectivity index (χ0) is 12.0. The molecule has 0 aliphatic rings. The molecule has 5 heteroatoms. The third-order valence-corrected chi connectivity index (χ3v) is 2.02. The van der Waals surface area contributed by atoms with Crippen LogP contribution in [-0.2, 0) is 11.2 Å². The standard InChI is InChI=1S/C11H14N2O3/c1-2-8-3-5-9(6-4-8)13-11(16)12-7-10(14)15/h3-6H,2,7H2,1H3,(H,14,15)(H2,12,13,16). The van der Waals surface area contributed by atoms with Crippen molar-refractivity contribution in [1.82, 2.24) is 5.32 Å². The molecular formula is C11H14N2O3. The summed E-state index contributed by atoms with van der Waals surface area (Å²) in [6, 6.07) is 6.85. The summed E-state index contributed by atoms with van der Waals surface area (Å²) in [6.45, 7) is 1.65. The average Bonchev–Trinajstić information content (AvgIpc) is 2.27. The molecule has 0 fully saturated rings. The van der Waals surface area contributed by atoms with Gasteiger partial charge in [-0.2, -0.15) is 0 Å². The average molecular weight is 222 g/mol. The van der Waals surface area contributed by atoms with E-state index >= 15 is 0 Å². The van der Waals surface area contributed by atoms with Crippen molar-refractivity contribution >= 4 is 17.7 Å². The van der Waals surface area contributed by atoms with Crippen LogP contribution in [0.5, 0.6) is 0 Å². The molecule has 1 aromatic rings. The molecule has 0 bridgehead atoms. The van der Waals surface area contributed by atoms with Crippen molar-refractivity contribution in [2.75, 3.05) is 11.9 Å². The van der Waals surface area contributed by atoms with Gasteiger partial charge in [0.15, 0.2) is 0 Å². The zero-order valence-corrected chi connectivity index (χ0v) is 8.99. The van der Waals surface area contributed by atoms with Gasteiger partial charge in [-0.25, -0.2) is 4.79 Å². The van der Waals surface area contributed by atoms with Crippen LogP contribution in [0.15, 0.2) is 24.3 Å². The Morgan fingerprint density at radius 1 is 1.25 bits per heavy atom. The van der Waals surface area contributed by atoms with Crippen molar-refractivity contribution in [2.24, 2.45) is 0 Å². The summed E-state index contributed by atoms with van der Waals surface area (Å²) < 4.78 is 0. The quantitative estimate of drug-likeness (QED) is 0.721. The van der Waals surface area contributed by atoms with E-state index in [2.05, 4.69) is 10.6 Å². The van der Waals surface area contributed by atoms with Crippen LogP contribution in [0, 0.1) is 0 Å². The molecule has 0 radical (unpaired) electrons. The Balaban J connectivity index is 2.46. The van der Waals surface area contributed by atoms with E-state index in [4.69, 9.17) is 5.11 Å². The first-order valence-electron chi connectivity index (χ1n) is 4.97. The molecule has 0 aromatic heterocycles. The molecule has 0 saturated carbocycles. The van der Waals surface area contributed by atoms with E-state index in [0.29, 0.717) is 5.69 Å². The lowest BCUT2D eigenvalue weighted by molar-refractivity contribution is -0.135. The number of aryl methyl sites for hydroxylation is 1. The topological polar surface area (TPSA) is 78.4 Å². The SMILES string of the molecule is CCc1ccc(NC(=O)NCC(=O)O)cc1. The summed E-state index contributed by atoms with van der Waals surface area (Å²) >= 11 is 0. The van der Waals surface area contributed by atoms with Crippen molar-refractivity contribution in [2.45, 2.75) is 13.3 Å². The van der Waals surface area contributed by atoms with Gasteiger partial charge in [0.2, 0.25) is 0 Å². The predicted octanol–water partition coefficient (Wildman–Crippen LogP) is 1.46. The van der Waals surface area contributed by atoms with E-state index in [0.717, 1.165) is 6.42 Å². The third-order valence-electron chi connectivity index (χ3n) is 2.02. The summed E-state index contributed by atoms with van der Waals surface area (Å²) in [5.74, 6) is -1.07. The first kappa shape index (κ1) is 12.0. The van der Waals surface area contributed by atoms with Crippen LogP contribution in [0.2, 0.25) is 0 Å². The maximum atomic E-state index is 11.2. The summed E-state index contributed by atoms with van der Waals surface area (Å²) in [7, 11) is 0. The summed E-state index contributed by atoms with van der Waals surface area (Å²) in [4.78, 5) is 21.4. The van der Waals surface area contributed by atoms with E-state index < -0.39 is 18.5 Å². The minimum atomic E-state index is -1.07. The number of nitrogens with one attached hydrogen (secondary N) is 2. The molecule has 0 saturated heterocycles. The monoisotopic (exact) mass is 222 g/mol. The predicted molar refractivity (Wildman–Crippen MR) is 60.5 cm³/mol. The van der Waals surface area contributed by atoms with Crippen LogP contribution >= 0.6 is 0 Å². The number of carbonyl (C=O) groups is 2. The third kappa shape index (κ3) is 4.00. The number of hydrogen-bond donors (Lipinski definition) is 3. The number of anilines is 1. The molecule has 0 aliphatic carbocycles. The van der Waals surface area contributed by atoms with Crippen LogP contribution < -0.4 is 10.6 Å². The molecule has 0 aliphatic heterocycles. The lowest BCUT2D eigenvalue weighted by Crippen LogP contribution is -2.33. The number of carboxylic acid groups (broad SMARTS) is 1. The van der Waals surface area contributed by atoms with Gasteiger partial charge in [0.05, 0.1) is 0 Å². The van der Waals surface area contributed by atoms with Crippen molar-refractivity contribution in [3.05, 3.63) is 29.8 Å². The number of rotatable bonds is 4. The van der Waals surface area contributed by atoms with Gasteiger partial charge in [-0.1, -0.05) is 19.1 Å². The highest BCUT2D eigenvalue weighted by Crippen LogP contribution is 2.09. The number of benzene rings is 1. The van der Waals surface area contributed by atoms with Crippen LogP contribution in [0.25, 0.3) is 0 Å². The Morgan fingerprint density at radius 3 is 2.38 bits per heavy atom. The maximum absolute atomic E-state index is 11.2. The molecule has 86 valence electrons. The number of urea groups is 1. The normalized spacial score (nSPS) is 9.56. The molecule has 1 rings (SSSR count). The molecule has 5 nitrogen and oxygen atoms in total. The minimum absolute atomic E-state index is 0.390. The molecule has 3 N–H and O–H groups in total. The van der Waals surface area contributed by atoms with Crippen molar-refractivity contribution in [3.8, 4) is 0 Å². The number of carboxylic acids is 1. The Morgan fingerprint density at radius 2 is 1.88 bits per heavy atom. The van der Waals surface area contributed by atoms with Crippen LogP contribution in [-0.4, -0.2) is 23.7 Å². The van der Waals surface area contributed by atoms with Crippen molar-refractivity contribution in [1.29, 1.82) is 0 Å². The fourth-order valence-electron chi connectivity index (χ4n) is 1.15. The fourth-order valence-corrected chi connectivity index (χ4v) is 1.15. The van der Waals surface area contributed by atoms with E-state index in [9.17, 15) is 9.59 Å². The summed E-state index contributed by atoms with van der Waals surface area (Å²) in [5, 5.41) is 13.1. The van der Waals surface area contributed by atoms with E-state index in [1.165, 1.54) is 5.56 Å². The summed E-state index contributed by atoms with van der Waals surface area (Å²) in [5.41, 5.74) is 1.82. The summed E-state index contributed by atoms with van der Waals surface area (Å²) in [6.07, 6.45) is 0.936. The Labute approximate surface area is 93.5 Å². The van der Waals surface area contributed by atoms with Crippen LogP contribution in [0.3, 0.4) is 0 Å². The highest BCUT2D eigenvalue weighted by atomic mass is 16.4. The first-order chi connectivity index (χ1) is 7.61. The van der Waals surface area contributed by atoms with Crippen LogP contribution in [0.1, 0.15) is 12.5 Å². The van der Waals surface area contributed by atoms with Crippen molar-refractivity contribution < 1.29 is 14.7 Å². The zero-order valence-electron chi connectivity index (χ0n) is 8.99. The van der Waals surface area contributed by atoms with Gasteiger partial charge in [-0.3, -0.25) is 4.79 Å². The maximum Gasteiger partial charge on any atom is 0.323 e. The number of aliphatic carboxylic acids is 1. The second-order valence-electron chi connectivity index (χ2n) is 3.25. The molecule has 2 amide bonds. The molecular weight excluding hydrogens is 208 g/mol. The Kier molecular flexibility index (Phi) is 4.32. The Hall–Kier alpha value is -2.04. The number of carbonyl (C=O) groups excluding carboxylic acids is 1. The molecule has 0 atom stereocenters. The lowest BCUT2D eigenvalue weighted by Gasteiger charge is -2.06. The number of hydrogen-bond acceptors (Lipinski definition) is 2. The van der Waals surface area contributed by atoms with Gasteiger partial charge in [0, 0.05) is 5.69 Å². The number of amides is 2. The molecule has 0 spiro atoms. The van der Waals surface area contributed by atoms with Crippen molar-refractivity contribution in [3.63, 3.8) is 0 Å².